The van der Waals surface area contributed by atoms with Gasteiger partial charge in [0.2, 0.25) is 0 Å². The number of aldehydes is 1. The molecule has 0 saturated heterocycles. The molecule has 1 aliphatic carbocycles. The van der Waals surface area contributed by atoms with E-state index in [9.17, 15) is 4.79 Å². The Labute approximate surface area is 199 Å². The Morgan fingerprint density at radius 1 is 1.19 bits per heavy atom. The maximum absolute atomic E-state index is 10.8. The molecule has 0 unspecified atom stereocenters. The van der Waals surface area contributed by atoms with E-state index in [1.54, 1.807) is 19.5 Å². The van der Waals surface area contributed by atoms with Crippen molar-refractivity contribution in [2.45, 2.75) is 57.3 Å². The predicted molar refractivity (Wildman–Crippen MR) is 132 cm³/mol. The third-order valence-corrected chi connectivity index (χ3v) is 6.41. The fraction of sp³-hybridized carbons (Fsp3) is 0.524. The second-order valence-corrected chi connectivity index (χ2v) is 9.31. The van der Waals surface area contributed by atoms with E-state index in [2.05, 4.69) is 41.8 Å². The highest BCUT2D eigenvalue weighted by atomic mass is 127. The number of methoxy groups -OCH3 is 1. The van der Waals surface area contributed by atoms with Gasteiger partial charge in [0.25, 0.3) is 0 Å². The fourth-order valence-corrected chi connectivity index (χ4v) is 5.15. The third kappa shape index (κ3) is 6.50. The van der Waals surface area contributed by atoms with Crippen LogP contribution in [0.2, 0.25) is 0 Å². The first-order valence-electron chi connectivity index (χ1n) is 10.2. The molecule has 10 heteroatoms. The summed E-state index contributed by atoms with van der Waals surface area (Å²) in [6.45, 7) is 4.14. The SMILES string of the molecule is COC1CCC(Nc2nc(-c3ccc(C(C)(C)OSI)nc3)cnc2NCC=O)CC1. The second kappa shape index (κ2) is 11.4. The van der Waals surface area contributed by atoms with Crippen molar-refractivity contribution in [3.05, 3.63) is 30.2 Å². The van der Waals surface area contributed by atoms with E-state index < -0.39 is 5.60 Å². The van der Waals surface area contributed by atoms with Crippen molar-refractivity contribution in [2.75, 3.05) is 24.3 Å². The van der Waals surface area contributed by atoms with Crippen LogP contribution in [0.1, 0.15) is 45.2 Å². The van der Waals surface area contributed by atoms with E-state index in [1.807, 2.05) is 26.0 Å². The number of halogens is 1. The minimum atomic E-state index is -0.494. The third-order valence-electron chi connectivity index (χ3n) is 5.39. The van der Waals surface area contributed by atoms with Gasteiger partial charge in [0, 0.05) is 46.1 Å². The minimum absolute atomic E-state index is 0.180. The van der Waals surface area contributed by atoms with Gasteiger partial charge in [0.1, 0.15) is 11.9 Å². The smallest absolute Gasteiger partial charge is 0.169 e. The van der Waals surface area contributed by atoms with Crippen LogP contribution in [0.5, 0.6) is 0 Å². The molecule has 0 radical (unpaired) electrons. The maximum Gasteiger partial charge on any atom is 0.169 e. The molecular weight excluding hydrogens is 529 g/mol. The number of hydrogen-bond donors (Lipinski definition) is 2. The molecule has 2 heterocycles. The van der Waals surface area contributed by atoms with Crippen LogP contribution in [-0.4, -0.2) is 47.0 Å². The molecule has 0 aliphatic heterocycles. The van der Waals surface area contributed by atoms with Crippen LogP contribution in [-0.2, 0) is 19.3 Å². The molecule has 8 nitrogen and oxygen atoms in total. The normalized spacial score (nSPS) is 19.1. The number of carbonyl (C=O) groups excluding carboxylic acids is 1. The molecule has 3 rings (SSSR count). The molecule has 0 amide bonds. The van der Waals surface area contributed by atoms with E-state index in [0.717, 1.165) is 43.2 Å². The maximum atomic E-state index is 10.8. The van der Waals surface area contributed by atoms with Crippen molar-refractivity contribution in [2.24, 2.45) is 0 Å². The Hall–Kier alpha value is -1.50. The van der Waals surface area contributed by atoms with Gasteiger partial charge in [-0.05, 0) is 51.7 Å². The Morgan fingerprint density at radius 2 is 1.97 bits per heavy atom. The fourth-order valence-electron chi connectivity index (χ4n) is 3.56. The number of ether oxygens (including phenoxy) is 1. The van der Waals surface area contributed by atoms with Crippen molar-refractivity contribution in [1.29, 1.82) is 0 Å². The summed E-state index contributed by atoms with van der Waals surface area (Å²) < 4.78 is 11.2. The molecule has 2 aromatic rings. The number of carbonyl (C=O) groups is 1. The molecule has 0 aromatic carbocycles. The molecule has 0 spiro atoms. The van der Waals surface area contributed by atoms with Gasteiger partial charge in [0.05, 0.1) is 39.4 Å². The van der Waals surface area contributed by atoms with Crippen LogP contribution in [0, 0.1) is 0 Å². The first-order valence-corrected chi connectivity index (χ1v) is 13.5. The van der Waals surface area contributed by atoms with Crippen molar-refractivity contribution in [1.82, 2.24) is 15.0 Å². The van der Waals surface area contributed by atoms with Gasteiger partial charge in [-0.3, -0.25) is 9.17 Å². The molecule has 168 valence electrons. The van der Waals surface area contributed by atoms with Gasteiger partial charge >= 0.3 is 0 Å². The standard InChI is InChI=1S/C21H28IN5O3S/c1-21(2,30-31-22)18-9-4-14(12-24-18)17-13-25-19(23-10-11-28)20(27-17)26-15-5-7-16(29-3)8-6-15/h4,9,11-13,15-16H,5-8,10H2,1-3H3,(H,23,25)(H,26,27). The number of hydrogen-bond acceptors (Lipinski definition) is 9. The summed E-state index contributed by atoms with van der Waals surface area (Å²) in [5, 5.41) is 6.54. The van der Waals surface area contributed by atoms with Crippen LogP contribution in [0.25, 0.3) is 11.3 Å². The van der Waals surface area contributed by atoms with Crippen LogP contribution in [0.3, 0.4) is 0 Å². The minimum Gasteiger partial charge on any atom is -0.381 e. The zero-order valence-corrected chi connectivity index (χ0v) is 20.9. The van der Waals surface area contributed by atoms with Crippen LogP contribution >= 0.6 is 30.4 Å². The van der Waals surface area contributed by atoms with Crippen LogP contribution < -0.4 is 10.6 Å². The summed E-state index contributed by atoms with van der Waals surface area (Å²) >= 11 is 2.10. The average molecular weight is 557 g/mol. The Bertz CT molecular complexity index is 861. The lowest BCUT2D eigenvalue weighted by molar-refractivity contribution is -0.106. The zero-order valence-electron chi connectivity index (χ0n) is 17.9. The first kappa shape index (κ1) is 24.1. The number of nitrogens with zero attached hydrogens (tertiary/aromatic N) is 3. The van der Waals surface area contributed by atoms with Gasteiger partial charge in [-0.25, -0.2) is 9.97 Å². The highest BCUT2D eigenvalue weighted by Gasteiger charge is 2.24. The monoisotopic (exact) mass is 557 g/mol. The van der Waals surface area contributed by atoms with Crippen molar-refractivity contribution in [3.63, 3.8) is 0 Å². The predicted octanol–water partition coefficient (Wildman–Crippen LogP) is 4.77. The largest absolute Gasteiger partial charge is 0.381 e. The van der Waals surface area contributed by atoms with E-state index in [-0.39, 0.29) is 12.6 Å². The molecule has 0 atom stereocenters. The van der Waals surface area contributed by atoms with Gasteiger partial charge in [0.15, 0.2) is 11.6 Å². The van der Waals surface area contributed by atoms with E-state index in [4.69, 9.17) is 13.9 Å². The quantitative estimate of drug-likeness (QED) is 0.243. The van der Waals surface area contributed by atoms with Gasteiger partial charge in [-0.15, -0.1) is 0 Å². The number of nitrogens with one attached hydrogen (secondary N) is 2. The molecule has 1 saturated carbocycles. The number of anilines is 2. The lowest BCUT2D eigenvalue weighted by Crippen LogP contribution is -2.30. The van der Waals surface area contributed by atoms with Gasteiger partial charge in [-0.2, -0.15) is 0 Å². The van der Waals surface area contributed by atoms with E-state index >= 15 is 0 Å². The van der Waals surface area contributed by atoms with Crippen molar-refractivity contribution < 1.29 is 13.7 Å². The average Bonchev–Trinajstić information content (AvgIpc) is 2.79. The summed E-state index contributed by atoms with van der Waals surface area (Å²) in [5.74, 6) is 1.22. The Morgan fingerprint density at radius 3 is 2.58 bits per heavy atom. The second-order valence-electron chi connectivity index (χ2n) is 7.94. The number of rotatable bonds is 10. The molecule has 1 fully saturated rings. The topological polar surface area (TPSA) is 98.3 Å². The molecule has 0 bridgehead atoms. The molecule has 2 aromatic heterocycles. The highest BCUT2D eigenvalue weighted by Crippen LogP contribution is 2.32. The summed E-state index contributed by atoms with van der Waals surface area (Å²) in [7, 11) is 3.06. The van der Waals surface area contributed by atoms with Gasteiger partial charge < -0.3 is 20.2 Å². The summed E-state index contributed by atoms with van der Waals surface area (Å²) in [4.78, 5) is 24.7. The zero-order chi connectivity index (χ0) is 22.3. The van der Waals surface area contributed by atoms with E-state index in [1.165, 1.54) is 9.21 Å². The van der Waals surface area contributed by atoms with Crippen LogP contribution in [0.4, 0.5) is 11.6 Å². The summed E-state index contributed by atoms with van der Waals surface area (Å²) in [6.07, 6.45) is 8.63. The number of aromatic nitrogens is 3. The van der Waals surface area contributed by atoms with Crippen molar-refractivity contribution in [3.8, 4) is 11.3 Å². The summed E-state index contributed by atoms with van der Waals surface area (Å²) in [5.41, 5.74) is 1.92. The van der Waals surface area contributed by atoms with Gasteiger partial charge in [-0.1, -0.05) is 0 Å². The Kier molecular flexibility index (Phi) is 8.87. The number of pyridine rings is 1. The lowest BCUT2D eigenvalue weighted by atomic mass is 9.93. The lowest BCUT2D eigenvalue weighted by Gasteiger charge is -2.29. The molecule has 1 aliphatic rings. The Balaban J connectivity index is 1.81. The molecular formula is C21H28IN5O3S. The molecule has 2 N–H and O–H groups in total. The van der Waals surface area contributed by atoms with Crippen LogP contribution in [0.15, 0.2) is 24.5 Å². The first-order chi connectivity index (χ1) is 15.0. The van der Waals surface area contributed by atoms with E-state index in [0.29, 0.717) is 23.4 Å². The molecule has 31 heavy (non-hydrogen) atoms. The van der Waals surface area contributed by atoms with Crippen molar-refractivity contribution >= 4 is 48.3 Å². The summed E-state index contributed by atoms with van der Waals surface area (Å²) in [6, 6.07) is 4.21. The highest BCUT2D eigenvalue weighted by molar-refractivity contribution is 14.2.